The van der Waals surface area contributed by atoms with Crippen LogP contribution >= 0.6 is 23.7 Å². The summed E-state index contributed by atoms with van der Waals surface area (Å²) in [6.45, 7) is 8.71. The minimum atomic E-state index is 0. The first-order valence-electron chi connectivity index (χ1n) is 6.14. The van der Waals surface area contributed by atoms with Gasteiger partial charge in [-0.15, -0.1) is 23.7 Å². The zero-order valence-corrected chi connectivity index (χ0v) is 12.7. The molecule has 1 aliphatic rings. The molecule has 102 valence electrons. The summed E-state index contributed by atoms with van der Waals surface area (Å²) in [5.74, 6) is 0.489. The Morgan fingerprint density at radius 1 is 1.50 bits per heavy atom. The highest BCUT2D eigenvalue weighted by atomic mass is 35.5. The summed E-state index contributed by atoms with van der Waals surface area (Å²) in [5.41, 5.74) is 0. The summed E-state index contributed by atoms with van der Waals surface area (Å²) in [5, 5.41) is 3.16. The lowest BCUT2D eigenvalue weighted by Crippen LogP contribution is -2.53. The molecule has 1 fully saturated rings. The summed E-state index contributed by atoms with van der Waals surface area (Å²) >= 11 is 1.78. The Morgan fingerprint density at radius 2 is 2.17 bits per heavy atom. The maximum Gasteiger partial charge on any atom is 0.228 e. The Bertz CT molecular complexity index is 401. The molecule has 18 heavy (non-hydrogen) atoms. The molecule has 3 nitrogen and oxygen atoms in total. The van der Waals surface area contributed by atoms with E-state index < -0.39 is 0 Å². The van der Waals surface area contributed by atoms with Gasteiger partial charge < -0.3 is 10.2 Å². The van der Waals surface area contributed by atoms with Crippen molar-refractivity contribution >= 4 is 29.7 Å². The second kappa shape index (κ2) is 6.55. The minimum Gasteiger partial charge on any atom is -0.335 e. The third-order valence-electron chi connectivity index (χ3n) is 3.16. The van der Waals surface area contributed by atoms with E-state index in [2.05, 4.69) is 38.2 Å². The second-order valence-electron chi connectivity index (χ2n) is 4.93. The van der Waals surface area contributed by atoms with E-state index in [-0.39, 0.29) is 24.4 Å². The number of nitrogens with zero attached hydrogens (tertiary/aromatic N) is 1. The Kier molecular flexibility index (Phi) is 5.63. The van der Waals surface area contributed by atoms with Gasteiger partial charge in [-0.2, -0.15) is 0 Å². The first-order valence-corrected chi connectivity index (χ1v) is 6.96. The summed E-state index contributed by atoms with van der Waals surface area (Å²) in [6.07, 6.45) is 0. The number of rotatable bonds is 4. The highest BCUT2D eigenvalue weighted by Gasteiger charge is 2.30. The van der Waals surface area contributed by atoms with Crippen LogP contribution in [0.4, 0.5) is 0 Å². The molecular weight excluding hydrogens is 268 g/mol. The average Bonchev–Trinajstić information content (AvgIpc) is 2.57. The molecule has 0 spiro atoms. The van der Waals surface area contributed by atoms with Crippen LogP contribution < -0.4 is 5.32 Å². The van der Waals surface area contributed by atoms with Crippen molar-refractivity contribution < 1.29 is 4.79 Å². The van der Waals surface area contributed by atoms with Crippen molar-refractivity contribution in [1.82, 2.24) is 10.2 Å². The van der Waals surface area contributed by atoms with Gasteiger partial charge in [0.2, 0.25) is 5.91 Å². The highest BCUT2D eigenvalue weighted by Crippen LogP contribution is 2.20. The lowest BCUT2D eigenvalue weighted by molar-refractivity contribution is -0.139. The Hall–Kier alpha value is -0.580. The third-order valence-corrected chi connectivity index (χ3v) is 4.14. The molecule has 1 aromatic rings. The van der Waals surface area contributed by atoms with E-state index in [1.165, 1.54) is 9.75 Å². The molecule has 1 N–H and O–H groups in total. The van der Waals surface area contributed by atoms with Crippen molar-refractivity contribution in [2.45, 2.75) is 33.4 Å². The number of nitrogens with one attached hydrogen (secondary N) is 1. The molecule has 0 bridgehead atoms. The molecule has 0 radical (unpaired) electrons. The lowest BCUT2D eigenvalue weighted by Gasteiger charge is -2.34. The molecule has 0 unspecified atom stereocenters. The molecule has 1 amide bonds. The zero-order valence-electron chi connectivity index (χ0n) is 11.1. The third kappa shape index (κ3) is 3.46. The number of amides is 1. The van der Waals surface area contributed by atoms with Gasteiger partial charge in [0.15, 0.2) is 0 Å². The summed E-state index contributed by atoms with van der Waals surface area (Å²) in [4.78, 5) is 16.8. The molecule has 2 rings (SSSR count). The monoisotopic (exact) mass is 288 g/mol. The quantitative estimate of drug-likeness (QED) is 0.923. The Balaban J connectivity index is 0.00000162. The molecule has 1 aromatic heterocycles. The Labute approximate surface area is 119 Å². The number of hydrogen-bond acceptors (Lipinski definition) is 3. The number of carbonyl (C=O) groups is 1. The fourth-order valence-corrected chi connectivity index (χ4v) is 2.84. The fraction of sp³-hybridized carbons (Fsp3) is 0.615. The molecule has 1 saturated heterocycles. The number of carbonyl (C=O) groups excluding carboxylic acids is 1. The molecule has 1 aliphatic heterocycles. The number of hydrogen-bond donors (Lipinski definition) is 1. The standard InChI is InChI=1S/C13H20N2OS.ClH/c1-9(2)15(13(16)11-6-14-7-11)8-12-5-4-10(3)17-12;/h4-5,9,11,14H,6-8H2,1-3H3;1H. The summed E-state index contributed by atoms with van der Waals surface area (Å²) in [6, 6.07) is 4.51. The van der Waals surface area contributed by atoms with Gasteiger partial charge in [0.05, 0.1) is 12.5 Å². The van der Waals surface area contributed by atoms with E-state index in [1.807, 2.05) is 4.90 Å². The number of aryl methyl sites for hydroxylation is 1. The van der Waals surface area contributed by atoms with Crippen LogP contribution in [0.2, 0.25) is 0 Å². The van der Waals surface area contributed by atoms with Gasteiger partial charge in [-0.1, -0.05) is 0 Å². The second-order valence-corrected chi connectivity index (χ2v) is 6.30. The van der Waals surface area contributed by atoms with Gasteiger partial charge in [-0.25, -0.2) is 0 Å². The molecule has 0 atom stereocenters. The number of thiophene rings is 1. The summed E-state index contributed by atoms with van der Waals surface area (Å²) in [7, 11) is 0. The molecular formula is C13H21ClN2OS. The first-order chi connectivity index (χ1) is 8.08. The van der Waals surface area contributed by atoms with Crippen LogP contribution in [0.1, 0.15) is 23.6 Å². The van der Waals surface area contributed by atoms with E-state index >= 15 is 0 Å². The highest BCUT2D eigenvalue weighted by molar-refractivity contribution is 7.11. The largest absolute Gasteiger partial charge is 0.335 e. The number of halogens is 1. The van der Waals surface area contributed by atoms with Gasteiger partial charge in [0.25, 0.3) is 0 Å². The van der Waals surface area contributed by atoms with Crippen LogP contribution in [0.25, 0.3) is 0 Å². The predicted molar refractivity (Wildman–Crippen MR) is 78.3 cm³/mol. The maximum atomic E-state index is 12.3. The van der Waals surface area contributed by atoms with Crippen molar-refractivity contribution in [3.63, 3.8) is 0 Å². The molecule has 2 heterocycles. The van der Waals surface area contributed by atoms with Gasteiger partial charge in [-0.05, 0) is 32.9 Å². The predicted octanol–water partition coefficient (Wildman–Crippen LogP) is 2.43. The van der Waals surface area contributed by atoms with Gasteiger partial charge in [0.1, 0.15) is 0 Å². The molecule has 0 aliphatic carbocycles. The molecule has 0 saturated carbocycles. The van der Waals surface area contributed by atoms with E-state index in [0.29, 0.717) is 5.91 Å². The normalized spacial score (nSPS) is 15.1. The average molecular weight is 289 g/mol. The maximum absolute atomic E-state index is 12.3. The van der Waals surface area contributed by atoms with Crippen LogP contribution in [0.3, 0.4) is 0 Å². The van der Waals surface area contributed by atoms with Crippen LogP contribution in [0.5, 0.6) is 0 Å². The van der Waals surface area contributed by atoms with Crippen LogP contribution in [0.15, 0.2) is 12.1 Å². The fourth-order valence-electron chi connectivity index (χ4n) is 1.95. The molecule has 5 heteroatoms. The van der Waals surface area contributed by atoms with E-state index in [9.17, 15) is 4.79 Å². The van der Waals surface area contributed by atoms with Crippen molar-refractivity contribution in [3.8, 4) is 0 Å². The van der Waals surface area contributed by atoms with Crippen molar-refractivity contribution in [3.05, 3.63) is 21.9 Å². The Morgan fingerprint density at radius 3 is 2.56 bits per heavy atom. The van der Waals surface area contributed by atoms with E-state index in [4.69, 9.17) is 0 Å². The SMILES string of the molecule is Cc1ccc(CN(C(=O)C2CNC2)C(C)C)s1.Cl. The smallest absolute Gasteiger partial charge is 0.228 e. The first kappa shape index (κ1) is 15.5. The zero-order chi connectivity index (χ0) is 12.4. The lowest BCUT2D eigenvalue weighted by atomic mass is 10.0. The summed E-state index contributed by atoms with van der Waals surface area (Å²) < 4.78 is 0. The van der Waals surface area contributed by atoms with Gasteiger partial charge >= 0.3 is 0 Å². The van der Waals surface area contributed by atoms with Crippen molar-refractivity contribution in [1.29, 1.82) is 0 Å². The van der Waals surface area contributed by atoms with Crippen molar-refractivity contribution in [2.75, 3.05) is 13.1 Å². The van der Waals surface area contributed by atoms with Crippen molar-refractivity contribution in [2.24, 2.45) is 5.92 Å². The topological polar surface area (TPSA) is 32.3 Å². The van der Waals surface area contributed by atoms with E-state index in [0.717, 1.165) is 19.6 Å². The van der Waals surface area contributed by atoms with E-state index in [1.54, 1.807) is 11.3 Å². The van der Waals surface area contributed by atoms with Gasteiger partial charge in [-0.3, -0.25) is 4.79 Å². The van der Waals surface area contributed by atoms with Crippen LogP contribution in [-0.4, -0.2) is 29.9 Å². The minimum absolute atomic E-state index is 0. The van der Waals surface area contributed by atoms with Crippen LogP contribution in [0, 0.1) is 12.8 Å². The van der Waals surface area contributed by atoms with Crippen LogP contribution in [-0.2, 0) is 11.3 Å². The van der Waals surface area contributed by atoms with Gasteiger partial charge in [0, 0.05) is 28.9 Å². The molecule has 0 aromatic carbocycles.